The van der Waals surface area contributed by atoms with Crippen LogP contribution in [0.3, 0.4) is 0 Å². The fourth-order valence-corrected chi connectivity index (χ4v) is 4.55. The van der Waals surface area contributed by atoms with E-state index >= 15 is 0 Å². The van der Waals surface area contributed by atoms with E-state index in [1.807, 2.05) is 20.8 Å². The van der Waals surface area contributed by atoms with Gasteiger partial charge >= 0.3 is 0 Å². The molecule has 0 aliphatic heterocycles. The lowest BCUT2D eigenvalue weighted by molar-refractivity contribution is -0.120. The van der Waals surface area contributed by atoms with Crippen LogP contribution in [-0.4, -0.2) is 31.7 Å². The van der Waals surface area contributed by atoms with Crippen molar-refractivity contribution in [2.24, 2.45) is 5.92 Å². The van der Waals surface area contributed by atoms with Crippen molar-refractivity contribution in [2.75, 3.05) is 18.4 Å². The highest BCUT2D eigenvalue weighted by atomic mass is 32.2. The van der Waals surface area contributed by atoms with Gasteiger partial charge in [0.2, 0.25) is 15.9 Å². The maximum absolute atomic E-state index is 12.8. The first kappa shape index (κ1) is 22.6. The second-order valence-corrected chi connectivity index (χ2v) is 8.60. The summed E-state index contributed by atoms with van der Waals surface area (Å²) in [5.41, 5.74) is 0.640. The number of carbonyl (C=O) groups excluding carboxylic acids is 1. The van der Waals surface area contributed by atoms with E-state index in [-0.39, 0.29) is 16.7 Å². The van der Waals surface area contributed by atoms with Gasteiger partial charge in [0, 0.05) is 24.7 Å². The lowest BCUT2D eigenvalue weighted by atomic mass is 9.98. The third kappa shape index (κ3) is 6.40. The number of carbonyl (C=O) groups is 1. The molecule has 0 bridgehead atoms. The Morgan fingerprint density at radius 1 is 1.00 bits per heavy atom. The number of benzene rings is 1. The fourth-order valence-electron chi connectivity index (χ4n) is 2.93. The Labute approximate surface area is 159 Å². The van der Waals surface area contributed by atoms with Gasteiger partial charge in [0.1, 0.15) is 0 Å². The molecule has 1 aromatic rings. The van der Waals surface area contributed by atoms with Crippen molar-refractivity contribution < 1.29 is 13.2 Å². The first-order valence-electron chi connectivity index (χ1n) is 9.81. The Morgan fingerprint density at radius 3 is 2.04 bits per heavy atom. The molecule has 148 valence electrons. The number of unbranched alkanes of at least 4 members (excludes halogenated alkanes) is 1. The van der Waals surface area contributed by atoms with Gasteiger partial charge in [0.15, 0.2) is 0 Å². The smallest absolute Gasteiger partial charge is 0.243 e. The zero-order valence-electron chi connectivity index (χ0n) is 16.6. The number of sulfonamides is 1. The molecule has 1 rings (SSSR count). The van der Waals surface area contributed by atoms with Crippen molar-refractivity contribution >= 4 is 21.6 Å². The highest BCUT2D eigenvalue weighted by Crippen LogP contribution is 2.21. The van der Waals surface area contributed by atoms with Crippen molar-refractivity contribution in [3.8, 4) is 0 Å². The lowest BCUT2D eigenvalue weighted by Crippen LogP contribution is -2.32. The second kappa shape index (κ2) is 11.3. The minimum absolute atomic E-state index is 0.00274. The highest BCUT2D eigenvalue weighted by molar-refractivity contribution is 7.89. The van der Waals surface area contributed by atoms with Crippen LogP contribution in [0.1, 0.15) is 66.2 Å². The summed E-state index contributed by atoms with van der Waals surface area (Å²) >= 11 is 0. The van der Waals surface area contributed by atoms with Gasteiger partial charge in [-0.3, -0.25) is 4.79 Å². The monoisotopic (exact) mass is 382 g/mol. The molecule has 0 saturated heterocycles. The second-order valence-electron chi connectivity index (χ2n) is 6.67. The molecule has 0 aromatic heterocycles. The van der Waals surface area contributed by atoms with Crippen LogP contribution in [0.5, 0.6) is 0 Å². The highest BCUT2D eigenvalue weighted by Gasteiger charge is 2.23. The summed E-state index contributed by atoms with van der Waals surface area (Å²) in [5.74, 6) is 0.0121. The van der Waals surface area contributed by atoms with Crippen LogP contribution >= 0.6 is 0 Å². The van der Waals surface area contributed by atoms with Crippen molar-refractivity contribution in [1.82, 2.24) is 4.31 Å². The first-order chi connectivity index (χ1) is 12.4. The minimum Gasteiger partial charge on any atom is -0.326 e. The molecule has 6 heteroatoms. The van der Waals surface area contributed by atoms with Crippen molar-refractivity contribution in [1.29, 1.82) is 0 Å². The number of rotatable bonds is 12. The van der Waals surface area contributed by atoms with Crippen LogP contribution in [0, 0.1) is 5.92 Å². The molecule has 0 saturated carbocycles. The molecule has 0 heterocycles. The van der Waals surface area contributed by atoms with Gasteiger partial charge in [-0.05, 0) is 49.9 Å². The van der Waals surface area contributed by atoms with Gasteiger partial charge in [0.05, 0.1) is 4.90 Å². The van der Waals surface area contributed by atoms with Crippen LogP contribution in [-0.2, 0) is 14.8 Å². The molecule has 0 unspecified atom stereocenters. The predicted molar refractivity (Wildman–Crippen MR) is 108 cm³/mol. The summed E-state index contributed by atoms with van der Waals surface area (Å²) in [7, 11) is -3.48. The minimum atomic E-state index is -3.48. The summed E-state index contributed by atoms with van der Waals surface area (Å²) in [6.07, 6.45) is 5.36. The molecule has 0 aliphatic rings. The first-order valence-corrected chi connectivity index (χ1v) is 11.3. The molecule has 1 atom stereocenters. The van der Waals surface area contributed by atoms with E-state index < -0.39 is 10.0 Å². The molecular formula is C20H34N2O3S. The van der Waals surface area contributed by atoms with Gasteiger partial charge in [-0.1, -0.05) is 40.5 Å². The molecule has 1 N–H and O–H groups in total. The van der Waals surface area contributed by atoms with Gasteiger partial charge in [-0.15, -0.1) is 0 Å². The summed E-state index contributed by atoms with van der Waals surface area (Å²) in [6, 6.07) is 6.51. The van der Waals surface area contributed by atoms with Gasteiger partial charge in [0.25, 0.3) is 0 Å². The zero-order chi connectivity index (χ0) is 19.6. The molecule has 1 amide bonds. The molecule has 5 nitrogen and oxygen atoms in total. The third-order valence-electron chi connectivity index (χ3n) is 4.48. The van der Waals surface area contributed by atoms with E-state index in [1.165, 1.54) is 4.31 Å². The van der Waals surface area contributed by atoms with Crippen LogP contribution in [0.25, 0.3) is 0 Å². The van der Waals surface area contributed by atoms with Crippen LogP contribution in [0.2, 0.25) is 0 Å². The normalized spacial score (nSPS) is 13.0. The van der Waals surface area contributed by atoms with E-state index in [2.05, 4.69) is 12.2 Å². The number of hydrogen-bond acceptors (Lipinski definition) is 3. The number of hydrogen-bond donors (Lipinski definition) is 1. The molecule has 1 aromatic carbocycles. The van der Waals surface area contributed by atoms with Gasteiger partial charge in [-0.25, -0.2) is 8.42 Å². The third-order valence-corrected chi connectivity index (χ3v) is 6.39. The maximum Gasteiger partial charge on any atom is 0.243 e. The maximum atomic E-state index is 12.8. The Morgan fingerprint density at radius 2 is 1.58 bits per heavy atom. The number of nitrogens with zero attached hydrogens (tertiary/aromatic N) is 1. The fraction of sp³-hybridized carbons (Fsp3) is 0.650. The average molecular weight is 383 g/mol. The Balaban J connectivity index is 2.85. The standard InChI is InChI=1S/C20H34N2O3S/c1-5-9-10-17(8-4)20(23)21-18-11-13-19(14-12-18)26(24,25)22(15-6-2)16-7-3/h11-14,17H,5-10,15-16H2,1-4H3,(H,21,23)/t17-/m0/s1. The SMILES string of the molecule is CCCC[C@H](CC)C(=O)Nc1ccc(S(=O)(=O)N(CCC)CCC)cc1. The zero-order valence-corrected chi connectivity index (χ0v) is 17.4. The van der Waals surface area contributed by atoms with Crippen LogP contribution in [0.4, 0.5) is 5.69 Å². The Bertz CT molecular complexity index is 636. The van der Waals surface area contributed by atoms with E-state index in [1.54, 1.807) is 24.3 Å². The Kier molecular flexibility index (Phi) is 9.88. The molecule has 0 radical (unpaired) electrons. The van der Waals surface area contributed by atoms with Gasteiger partial charge < -0.3 is 5.32 Å². The van der Waals surface area contributed by atoms with Crippen molar-refractivity contribution in [2.45, 2.75) is 71.1 Å². The van der Waals surface area contributed by atoms with Crippen molar-refractivity contribution in [3.63, 3.8) is 0 Å². The largest absolute Gasteiger partial charge is 0.326 e. The molecule has 26 heavy (non-hydrogen) atoms. The number of nitrogens with one attached hydrogen (secondary N) is 1. The van der Waals surface area contributed by atoms with E-state index in [9.17, 15) is 13.2 Å². The van der Waals surface area contributed by atoms with E-state index in [0.29, 0.717) is 18.8 Å². The predicted octanol–water partition coefficient (Wildman–Crippen LogP) is 4.65. The van der Waals surface area contributed by atoms with Crippen molar-refractivity contribution in [3.05, 3.63) is 24.3 Å². The Hall–Kier alpha value is -1.40. The summed E-state index contributed by atoms with van der Waals surface area (Å²) in [4.78, 5) is 12.6. The topological polar surface area (TPSA) is 66.5 Å². The quantitative estimate of drug-likeness (QED) is 0.572. The molecule has 0 aliphatic carbocycles. The van der Waals surface area contributed by atoms with Gasteiger partial charge in [-0.2, -0.15) is 4.31 Å². The van der Waals surface area contributed by atoms with E-state index in [0.717, 1.165) is 38.5 Å². The van der Waals surface area contributed by atoms with E-state index in [4.69, 9.17) is 0 Å². The molecule has 0 spiro atoms. The summed E-state index contributed by atoms with van der Waals surface area (Å²) in [6.45, 7) is 9.11. The van der Waals surface area contributed by atoms with Crippen LogP contribution < -0.4 is 5.32 Å². The lowest BCUT2D eigenvalue weighted by Gasteiger charge is -2.21. The molecular weight excluding hydrogens is 348 g/mol. The number of anilines is 1. The average Bonchev–Trinajstić information content (AvgIpc) is 2.62. The summed E-state index contributed by atoms with van der Waals surface area (Å²) < 4.78 is 27.0. The molecule has 0 fully saturated rings. The number of amides is 1. The van der Waals surface area contributed by atoms with Crippen LogP contribution in [0.15, 0.2) is 29.2 Å². The summed E-state index contributed by atoms with van der Waals surface area (Å²) in [5, 5.41) is 2.91.